The summed E-state index contributed by atoms with van der Waals surface area (Å²) in [6, 6.07) is 16.5. The van der Waals surface area contributed by atoms with Crippen LogP contribution in [0.1, 0.15) is 34.2 Å². The molecule has 1 aliphatic rings. The molecule has 0 fully saturated rings. The van der Waals surface area contributed by atoms with Gasteiger partial charge in [-0.2, -0.15) is 0 Å². The lowest BCUT2D eigenvalue weighted by Crippen LogP contribution is -2.19. The van der Waals surface area contributed by atoms with Crippen LogP contribution in [0.2, 0.25) is 10.0 Å². The highest BCUT2D eigenvalue weighted by molar-refractivity contribution is 7.98. The molecule has 3 aromatic carbocycles. The molecule has 1 unspecified atom stereocenters. The van der Waals surface area contributed by atoms with Gasteiger partial charge in [-0.15, -0.1) is 0 Å². The average molecular weight is 529 g/mol. The summed E-state index contributed by atoms with van der Waals surface area (Å²) in [5.41, 5.74) is 5.15. The van der Waals surface area contributed by atoms with Crippen molar-refractivity contribution in [1.82, 2.24) is 9.55 Å². The number of thioether (sulfide) groups is 1. The van der Waals surface area contributed by atoms with Gasteiger partial charge in [0.25, 0.3) is 0 Å². The third-order valence-electron chi connectivity index (χ3n) is 5.87. The van der Waals surface area contributed by atoms with Crippen molar-refractivity contribution < 1.29 is 13.5 Å². The lowest BCUT2D eigenvalue weighted by atomic mass is 9.98. The number of halogens is 4. The van der Waals surface area contributed by atoms with Crippen LogP contribution in [0.5, 0.6) is 0 Å². The van der Waals surface area contributed by atoms with Gasteiger partial charge in [-0.05, 0) is 66.1 Å². The van der Waals surface area contributed by atoms with E-state index in [1.165, 1.54) is 30.0 Å². The SMILES string of the molecule is C=C1COC(c2ccc(Cl)c(C)c2)c2c1nc(SCc1c(F)cccc1Cl)n2-c1ccc(F)cc1. The minimum absolute atomic E-state index is 0.265. The first-order valence-corrected chi connectivity index (χ1v) is 12.6. The molecule has 0 N–H and O–H groups in total. The molecule has 1 atom stereocenters. The molecule has 35 heavy (non-hydrogen) atoms. The third kappa shape index (κ3) is 4.64. The van der Waals surface area contributed by atoms with Crippen LogP contribution in [-0.4, -0.2) is 16.2 Å². The number of hydrogen-bond acceptors (Lipinski definition) is 3. The van der Waals surface area contributed by atoms with Crippen LogP contribution in [0.3, 0.4) is 0 Å². The van der Waals surface area contributed by atoms with Crippen LogP contribution in [0, 0.1) is 18.6 Å². The summed E-state index contributed by atoms with van der Waals surface area (Å²) in [5, 5.41) is 1.62. The maximum absolute atomic E-state index is 14.5. The fraction of sp³-hybridized carbons (Fsp3) is 0.148. The Kier molecular flexibility index (Phi) is 6.73. The zero-order valence-electron chi connectivity index (χ0n) is 18.7. The van der Waals surface area contributed by atoms with E-state index in [2.05, 4.69) is 6.58 Å². The number of fused-ring (bicyclic) bond motifs is 1. The van der Waals surface area contributed by atoms with Crippen LogP contribution < -0.4 is 0 Å². The van der Waals surface area contributed by atoms with Gasteiger partial charge in [-0.1, -0.05) is 59.7 Å². The molecule has 0 aliphatic carbocycles. The lowest BCUT2D eigenvalue weighted by molar-refractivity contribution is 0.0964. The Balaban J connectivity index is 1.66. The summed E-state index contributed by atoms with van der Waals surface area (Å²) in [5.74, 6) is -0.460. The highest BCUT2D eigenvalue weighted by Gasteiger charge is 2.33. The molecule has 0 spiro atoms. The number of benzene rings is 3. The zero-order valence-corrected chi connectivity index (χ0v) is 21.0. The lowest BCUT2D eigenvalue weighted by Gasteiger charge is -2.27. The summed E-state index contributed by atoms with van der Waals surface area (Å²) in [7, 11) is 0. The Morgan fingerprint density at radius 3 is 2.57 bits per heavy atom. The van der Waals surface area contributed by atoms with E-state index in [1.807, 2.05) is 29.7 Å². The molecule has 1 aliphatic heterocycles. The van der Waals surface area contributed by atoms with E-state index in [0.717, 1.165) is 22.4 Å². The Hall–Kier alpha value is -2.64. The fourth-order valence-corrected chi connectivity index (χ4v) is 5.56. The number of aryl methyl sites for hydroxylation is 1. The summed E-state index contributed by atoms with van der Waals surface area (Å²) < 4.78 is 36.4. The van der Waals surface area contributed by atoms with Gasteiger partial charge in [0, 0.05) is 27.0 Å². The highest BCUT2D eigenvalue weighted by atomic mass is 35.5. The van der Waals surface area contributed by atoms with E-state index in [4.69, 9.17) is 32.9 Å². The minimum Gasteiger partial charge on any atom is -0.362 e. The molecule has 0 bridgehead atoms. The van der Waals surface area contributed by atoms with Gasteiger partial charge in [0.2, 0.25) is 0 Å². The maximum atomic E-state index is 14.5. The first kappa shape index (κ1) is 24.1. The number of nitrogens with zero attached hydrogens (tertiary/aromatic N) is 2. The second kappa shape index (κ2) is 9.78. The smallest absolute Gasteiger partial charge is 0.173 e. The highest BCUT2D eigenvalue weighted by Crippen LogP contribution is 2.42. The quantitative estimate of drug-likeness (QED) is 0.244. The van der Waals surface area contributed by atoms with Gasteiger partial charge in [0.05, 0.1) is 18.0 Å². The molecule has 0 amide bonds. The van der Waals surface area contributed by atoms with E-state index >= 15 is 0 Å². The van der Waals surface area contributed by atoms with Crippen molar-refractivity contribution in [3.63, 3.8) is 0 Å². The average Bonchev–Trinajstić information content (AvgIpc) is 3.22. The molecule has 5 rings (SSSR count). The molecule has 0 saturated carbocycles. The van der Waals surface area contributed by atoms with Gasteiger partial charge in [-0.3, -0.25) is 4.57 Å². The predicted molar refractivity (Wildman–Crippen MR) is 138 cm³/mol. The molecule has 1 aromatic heterocycles. The number of ether oxygens (including phenoxy) is 1. The number of hydrogen-bond donors (Lipinski definition) is 0. The molecule has 8 heteroatoms. The summed E-state index contributed by atoms with van der Waals surface area (Å²) in [6.45, 7) is 6.40. The Morgan fingerprint density at radius 1 is 1.09 bits per heavy atom. The largest absolute Gasteiger partial charge is 0.362 e. The molecule has 0 saturated heterocycles. The molecular weight excluding hydrogens is 509 g/mol. The predicted octanol–water partition coefficient (Wildman–Crippen LogP) is 8.19. The van der Waals surface area contributed by atoms with Crippen LogP contribution in [-0.2, 0) is 10.5 Å². The number of rotatable bonds is 5. The Bertz CT molecular complexity index is 1420. The van der Waals surface area contributed by atoms with Crippen molar-refractivity contribution in [3.8, 4) is 5.69 Å². The van der Waals surface area contributed by atoms with E-state index < -0.39 is 6.10 Å². The second-order valence-electron chi connectivity index (χ2n) is 8.23. The summed E-state index contributed by atoms with van der Waals surface area (Å²) >= 11 is 13.9. The van der Waals surface area contributed by atoms with Crippen LogP contribution in [0.25, 0.3) is 11.3 Å². The number of imidazole rings is 1. The maximum Gasteiger partial charge on any atom is 0.173 e. The van der Waals surface area contributed by atoms with Crippen molar-refractivity contribution in [2.45, 2.75) is 23.9 Å². The molecule has 178 valence electrons. The molecule has 3 nitrogen and oxygen atoms in total. The van der Waals surface area contributed by atoms with E-state index in [-0.39, 0.29) is 17.4 Å². The minimum atomic E-state index is -0.449. The van der Waals surface area contributed by atoms with Crippen molar-refractivity contribution in [3.05, 3.63) is 117 Å². The van der Waals surface area contributed by atoms with E-state index in [0.29, 0.717) is 38.8 Å². The fourth-order valence-electron chi connectivity index (χ4n) is 4.07. The second-order valence-corrected chi connectivity index (χ2v) is 9.99. The topological polar surface area (TPSA) is 27.1 Å². The van der Waals surface area contributed by atoms with Gasteiger partial charge in [0.15, 0.2) is 5.16 Å². The summed E-state index contributed by atoms with van der Waals surface area (Å²) in [4.78, 5) is 4.88. The van der Waals surface area contributed by atoms with Crippen molar-refractivity contribution in [2.24, 2.45) is 0 Å². The molecule has 0 radical (unpaired) electrons. The normalized spacial score (nSPS) is 15.3. The monoisotopic (exact) mass is 528 g/mol. The van der Waals surface area contributed by atoms with Crippen LogP contribution in [0.15, 0.2) is 72.4 Å². The van der Waals surface area contributed by atoms with Crippen molar-refractivity contribution in [1.29, 1.82) is 0 Å². The van der Waals surface area contributed by atoms with Crippen LogP contribution >= 0.6 is 35.0 Å². The standard InChI is InChI=1S/C27H20Cl2F2N2OS/c1-15-12-17(6-11-21(15)28)26-25-24(16(2)13-34-26)32-27(33(25)19-9-7-18(30)8-10-19)35-14-20-22(29)4-3-5-23(20)31/h3-12,26H,2,13-14H2,1H3. The van der Waals surface area contributed by atoms with Gasteiger partial charge in [0.1, 0.15) is 17.7 Å². The Labute approximate surface area is 216 Å². The van der Waals surface area contributed by atoms with Gasteiger partial charge in [-0.25, -0.2) is 13.8 Å². The van der Waals surface area contributed by atoms with Gasteiger partial charge < -0.3 is 4.74 Å². The first-order valence-electron chi connectivity index (χ1n) is 10.8. The third-order valence-corrected chi connectivity index (χ3v) is 7.61. The molecule has 4 aromatic rings. The molecular formula is C27H20Cl2F2N2OS. The van der Waals surface area contributed by atoms with Crippen molar-refractivity contribution >= 4 is 40.5 Å². The van der Waals surface area contributed by atoms with Crippen molar-refractivity contribution in [2.75, 3.05) is 6.61 Å². The summed E-state index contributed by atoms with van der Waals surface area (Å²) in [6.07, 6.45) is -0.449. The first-order chi connectivity index (χ1) is 16.8. The molecule has 2 heterocycles. The van der Waals surface area contributed by atoms with Gasteiger partial charge >= 0.3 is 0 Å². The Morgan fingerprint density at radius 2 is 1.86 bits per heavy atom. The zero-order chi connectivity index (χ0) is 24.7. The number of aromatic nitrogens is 2. The van der Waals surface area contributed by atoms with E-state index in [1.54, 1.807) is 24.3 Å². The van der Waals surface area contributed by atoms with Crippen LogP contribution in [0.4, 0.5) is 8.78 Å². The van der Waals surface area contributed by atoms with E-state index in [9.17, 15) is 8.78 Å².